The Morgan fingerprint density at radius 2 is 1.63 bits per heavy atom. The number of carbonyl (C=O) groups excluding carboxylic acids is 2. The molecule has 0 spiro atoms. The van der Waals surface area contributed by atoms with E-state index in [2.05, 4.69) is 44.8 Å². The lowest BCUT2D eigenvalue weighted by Gasteiger charge is -2.35. The molecule has 2 amide bonds. The Morgan fingerprint density at radius 1 is 0.902 bits per heavy atom. The first-order chi connectivity index (χ1) is 20.0. The maximum Gasteiger partial charge on any atom is 0.269 e. The van der Waals surface area contributed by atoms with Gasteiger partial charge < -0.3 is 15.5 Å². The molecule has 0 bridgehead atoms. The number of carbonyl (C=O) groups is 2. The van der Waals surface area contributed by atoms with E-state index >= 15 is 0 Å². The maximum atomic E-state index is 13.5. The van der Waals surface area contributed by atoms with Crippen LogP contribution in [-0.4, -0.2) is 34.8 Å². The van der Waals surface area contributed by atoms with Crippen molar-refractivity contribution in [1.29, 1.82) is 0 Å². The highest BCUT2D eigenvalue weighted by molar-refractivity contribution is 6.06. The van der Waals surface area contributed by atoms with Crippen molar-refractivity contribution in [2.24, 2.45) is 5.92 Å². The van der Waals surface area contributed by atoms with Crippen molar-refractivity contribution in [1.82, 2.24) is 10.3 Å². The monoisotopic (exact) mass is 549 g/mol. The van der Waals surface area contributed by atoms with Gasteiger partial charge in [0.1, 0.15) is 0 Å². The van der Waals surface area contributed by atoms with Crippen LogP contribution >= 0.6 is 0 Å². The number of non-ortho nitro benzene ring substituents is 1. The summed E-state index contributed by atoms with van der Waals surface area (Å²) in [7, 11) is 0. The molecule has 9 heteroatoms. The van der Waals surface area contributed by atoms with E-state index in [1.165, 1.54) is 29.8 Å². The molecule has 9 nitrogen and oxygen atoms in total. The van der Waals surface area contributed by atoms with Gasteiger partial charge in [0, 0.05) is 61.1 Å². The SMILES string of the molecule is O=C(Nc1ccc(N2CCC(Cc3ccccc3)CC2)c(C(=O)NCc2cccnc2)c1)c1ccc([N+](=O)[O-])cc1. The van der Waals surface area contributed by atoms with Crippen molar-refractivity contribution in [2.45, 2.75) is 25.8 Å². The van der Waals surface area contributed by atoms with Crippen LogP contribution < -0.4 is 15.5 Å². The number of aromatic nitrogens is 1. The lowest BCUT2D eigenvalue weighted by atomic mass is 9.89. The van der Waals surface area contributed by atoms with Crippen molar-refractivity contribution >= 4 is 28.9 Å². The quantitative estimate of drug-likeness (QED) is 0.206. The molecule has 208 valence electrons. The minimum absolute atomic E-state index is 0.0917. The summed E-state index contributed by atoms with van der Waals surface area (Å²) in [6, 6.07) is 25.0. The Bertz CT molecular complexity index is 1500. The zero-order chi connectivity index (χ0) is 28.6. The number of hydrogen-bond donors (Lipinski definition) is 2. The molecule has 2 N–H and O–H groups in total. The fraction of sp³-hybridized carbons (Fsp3) is 0.219. The largest absolute Gasteiger partial charge is 0.371 e. The lowest BCUT2D eigenvalue weighted by molar-refractivity contribution is -0.384. The minimum Gasteiger partial charge on any atom is -0.371 e. The average molecular weight is 550 g/mol. The van der Waals surface area contributed by atoms with E-state index in [4.69, 9.17) is 0 Å². The number of amides is 2. The summed E-state index contributed by atoms with van der Waals surface area (Å²) in [4.78, 5) is 43.1. The highest BCUT2D eigenvalue weighted by atomic mass is 16.6. The molecule has 0 radical (unpaired) electrons. The summed E-state index contributed by atoms with van der Waals surface area (Å²) in [5.41, 5.74) is 4.16. The first-order valence-electron chi connectivity index (χ1n) is 13.6. The summed E-state index contributed by atoms with van der Waals surface area (Å²) in [5.74, 6) is -0.0884. The number of piperidine rings is 1. The van der Waals surface area contributed by atoms with E-state index in [1.54, 1.807) is 24.5 Å². The van der Waals surface area contributed by atoms with Crippen LogP contribution in [0.5, 0.6) is 0 Å². The van der Waals surface area contributed by atoms with Gasteiger partial charge in [-0.2, -0.15) is 0 Å². The Kier molecular flexibility index (Phi) is 8.64. The average Bonchev–Trinajstić information content (AvgIpc) is 3.01. The molecular formula is C32H31N5O4. The summed E-state index contributed by atoms with van der Waals surface area (Å²) in [6.45, 7) is 1.98. The Labute approximate surface area is 238 Å². The Balaban J connectivity index is 1.32. The number of nitrogens with one attached hydrogen (secondary N) is 2. The van der Waals surface area contributed by atoms with Crippen molar-refractivity contribution in [3.05, 3.63) is 130 Å². The topological polar surface area (TPSA) is 117 Å². The van der Waals surface area contributed by atoms with Crippen LogP contribution in [0.3, 0.4) is 0 Å². The third-order valence-electron chi connectivity index (χ3n) is 7.34. The van der Waals surface area contributed by atoms with Gasteiger partial charge in [0.05, 0.1) is 10.5 Å². The summed E-state index contributed by atoms with van der Waals surface area (Å²) in [6.07, 6.45) is 6.47. The first kappa shape index (κ1) is 27.5. The molecule has 0 unspecified atom stereocenters. The predicted molar refractivity (Wildman–Crippen MR) is 158 cm³/mol. The van der Waals surface area contributed by atoms with Crippen molar-refractivity contribution in [3.8, 4) is 0 Å². The third-order valence-corrected chi connectivity index (χ3v) is 7.34. The Morgan fingerprint density at radius 3 is 2.32 bits per heavy atom. The molecule has 1 aliphatic heterocycles. The standard InChI is InChI=1S/C32H31N5O4/c38-31(26-8-11-28(12-9-26)37(40)41)35-27-10-13-30(29(20-27)32(39)34-22-25-7-4-16-33-21-25)36-17-14-24(15-18-36)19-23-5-2-1-3-6-23/h1-13,16,20-21,24H,14-15,17-19,22H2,(H,34,39)(H,35,38). The fourth-order valence-corrected chi connectivity index (χ4v) is 5.11. The number of rotatable bonds is 9. The van der Waals surface area contributed by atoms with Crippen molar-refractivity contribution in [2.75, 3.05) is 23.3 Å². The number of nitro groups is 1. The number of anilines is 2. The van der Waals surface area contributed by atoms with Gasteiger partial charge in [-0.25, -0.2) is 0 Å². The zero-order valence-corrected chi connectivity index (χ0v) is 22.5. The van der Waals surface area contributed by atoms with Crippen LogP contribution in [0, 0.1) is 16.0 Å². The molecule has 2 heterocycles. The summed E-state index contributed by atoms with van der Waals surface area (Å²) in [5, 5.41) is 16.7. The number of hydrogen-bond acceptors (Lipinski definition) is 6. The molecule has 3 aromatic carbocycles. The minimum atomic E-state index is -0.513. The maximum absolute atomic E-state index is 13.5. The van der Waals surface area contributed by atoms with E-state index in [0.29, 0.717) is 23.7 Å². The number of benzene rings is 3. The molecule has 0 aliphatic carbocycles. The van der Waals surface area contributed by atoms with Crippen LogP contribution in [0.1, 0.15) is 44.7 Å². The number of nitro benzene ring substituents is 1. The van der Waals surface area contributed by atoms with Crippen LogP contribution in [0.2, 0.25) is 0 Å². The molecule has 1 aromatic heterocycles. The second-order valence-electron chi connectivity index (χ2n) is 10.2. The molecule has 5 rings (SSSR count). The van der Waals surface area contributed by atoms with Gasteiger partial charge in [-0.05, 0) is 72.7 Å². The molecule has 0 atom stereocenters. The highest BCUT2D eigenvalue weighted by Gasteiger charge is 2.24. The highest BCUT2D eigenvalue weighted by Crippen LogP contribution is 2.30. The molecule has 0 saturated carbocycles. The van der Waals surface area contributed by atoms with Crippen molar-refractivity contribution < 1.29 is 14.5 Å². The first-order valence-corrected chi connectivity index (χ1v) is 13.6. The summed E-state index contributed by atoms with van der Waals surface area (Å²) < 4.78 is 0. The molecular weight excluding hydrogens is 518 g/mol. The van der Waals surface area contributed by atoms with Gasteiger partial charge in [0.2, 0.25) is 0 Å². The molecule has 1 fully saturated rings. The second-order valence-corrected chi connectivity index (χ2v) is 10.2. The van der Waals surface area contributed by atoms with Gasteiger partial charge in [-0.3, -0.25) is 24.7 Å². The molecule has 4 aromatic rings. The number of nitrogens with zero attached hydrogens (tertiary/aromatic N) is 3. The van der Waals surface area contributed by atoms with E-state index in [9.17, 15) is 19.7 Å². The van der Waals surface area contributed by atoms with E-state index in [1.807, 2.05) is 24.3 Å². The van der Waals surface area contributed by atoms with E-state index < -0.39 is 10.8 Å². The molecule has 1 aliphatic rings. The number of pyridine rings is 1. The van der Waals surface area contributed by atoms with Gasteiger partial charge in [0.25, 0.3) is 17.5 Å². The zero-order valence-electron chi connectivity index (χ0n) is 22.5. The van der Waals surface area contributed by atoms with E-state index in [-0.39, 0.29) is 17.2 Å². The van der Waals surface area contributed by atoms with Crippen molar-refractivity contribution in [3.63, 3.8) is 0 Å². The Hall–Kier alpha value is -5.05. The normalized spacial score (nSPS) is 13.4. The second kappa shape index (κ2) is 12.9. The lowest BCUT2D eigenvalue weighted by Crippen LogP contribution is -2.36. The fourth-order valence-electron chi connectivity index (χ4n) is 5.11. The smallest absolute Gasteiger partial charge is 0.269 e. The van der Waals surface area contributed by atoms with Gasteiger partial charge in [-0.1, -0.05) is 36.4 Å². The van der Waals surface area contributed by atoms with Crippen LogP contribution in [0.25, 0.3) is 0 Å². The molecule has 41 heavy (non-hydrogen) atoms. The van der Waals surface area contributed by atoms with Crippen LogP contribution in [-0.2, 0) is 13.0 Å². The van der Waals surface area contributed by atoms with Crippen LogP contribution in [0.4, 0.5) is 17.1 Å². The third kappa shape index (κ3) is 7.13. The molecule has 1 saturated heterocycles. The van der Waals surface area contributed by atoms with Crippen LogP contribution in [0.15, 0.2) is 97.3 Å². The van der Waals surface area contributed by atoms with Gasteiger partial charge in [-0.15, -0.1) is 0 Å². The van der Waals surface area contributed by atoms with Gasteiger partial charge >= 0.3 is 0 Å². The van der Waals surface area contributed by atoms with E-state index in [0.717, 1.165) is 43.6 Å². The summed E-state index contributed by atoms with van der Waals surface area (Å²) >= 11 is 0. The van der Waals surface area contributed by atoms with Gasteiger partial charge in [0.15, 0.2) is 0 Å². The predicted octanol–water partition coefficient (Wildman–Crippen LogP) is 5.63.